The molecule has 1 saturated carbocycles. The molecule has 2 atom stereocenters. The second-order valence-corrected chi connectivity index (χ2v) is 11.1. The van der Waals surface area contributed by atoms with Crippen molar-refractivity contribution in [1.82, 2.24) is 20.1 Å². The van der Waals surface area contributed by atoms with Crippen molar-refractivity contribution in [1.29, 1.82) is 0 Å². The van der Waals surface area contributed by atoms with Crippen LogP contribution in [0.5, 0.6) is 11.5 Å². The van der Waals surface area contributed by atoms with Gasteiger partial charge in [0.15, 0.2) is 5.60 Å². The fourth-order valence-electron chi connectivity index (χ4n) is 5.34. The number of halogens is 4. The summed E-state index contributed by atoms with van der Waals surface area (Å²) in [5, 5.41) is 18.5. The van der Waals surface area contributed by atoms with Crippen LogP contribution in [0.1, 0.15) is 47.9 Å². The Morgan fingerprint density at radius 1 is 1.26 bits per heavy atom. The van der Waals surface area contributed by atoms with Gasteiger partial charge in [-0.3, -0.25) is 4.79 Å². The minimum absolute atomic E-state index is 0.0000604. The van der Waals surface area contributed by atoms with Crippen LogP contribution >= 0.6 is 0 Å². The van der Waals surface area contributed by atoms with E-state index in [0.29, 0.717) is 22.1 Å². The Balaban J connectivity index is 1.39. The van der Waals surface area contributed by atoms with Crippen LogP contribution in [0.15, 0.2) is 48.7 Å². The van der Waals surface area contributed by atoms with Gasteiger partial charge in [-0.1, -0.05) is 0 Å². The number of nitrogens with zero attached hydrogens (tertiary/aromatic N) is 3. The largest absolute Gasteiger partial charge is 0.494 e. The Kier molecular flexibility index (Phi) is 6.68. The molecule has 13 heteroatoms. The molecule has 1 aliphatic heterocycles. The average molecular weight is 599 g/mol. The summed E-state index contributed by atoms with van der Waals surface area (Å²) in [6, 6.07) is 9.36. The number of ether oxygens (including phenoxy) is 2. The number of hydrogen-bond acceptors (Lipinski definition) is 7. The second-order valence-electron chi connectivity index (χ2n) is 11.1. The van der Waals surface area contributed by atoms with Crippen molar-refractivity contribution in [3.8, 4) is 22.8 Å². The first-order valence-electron chi connectivity index (χ1n) is 13.4. The number of carbonyl (C=O) groups excluding carboxylic acids is 2. The molecule has 0 bridgehead atoms. The van der Waals surface area contributed by atoms with Gasteiger partial charge in [0.1, 0.15) is 47.1 Å². The fourth-order valence-corrected chi connectivity index (χ4v) is 5.34. The van der Waals surface area contributed by atoms with Crippen LogP contribution < -0.4 is 14.8 Å². The first kappa shape index (κ1) is 28.6. The van der Waals surface area contributed by atoms with Crippen LogP contribution in [0.25, 0.3) is 22.2 Å². The highest BCUT2D eigenvalue weighted by molar-refractivity contribution is 6.00. The molecule has 1 amide bonds. The number of benzene rings is 2. The van der Waals surface area contributed by atoms with Crippen molar-refractivity contribution in [2.24, 2.45) is 0 Å². The Hall–Kier alpha value is -4.52. The Labute approximate surface area is 242 Å². The molecule has 9 nitrogen and oxygen atoms in total. The molecule has 1 fully saturated rings. The van der Waals surface area contributed by atoms with Gasteiger partial charge in [-0.05, 0) is 62.2 Å². The fraction of sp³-hybridized carbons (Fsp3) is 0.333. The van der Waals surface area contributed by atoms with E-state index < -0.39 is 41.5 Å². The van der Waals surface area contributed by atoms with Crippen molar-refractivity contribution in [3.05, 3.63) is 71.3 Å². The maximum atomic E-state index is 16.0. The average Bonchev–Trinajstić information content (AvgIpc) is 3.46. The number of carbonyl (C=O) groups is 2. The predicted octanol–water partition coefficient (Wildman–Crippen LogP) is 4.61. The van der Waals surface area contributed by atoms with E-state index in [4.69, 9.17) is 9.47 Å². The lowest BCUT2D eigenvalue weighted by Crippen LogP contribution is -2.49. The van der Waals surface area contributed by atoms with Gasteiger partial charge in [0.2, 0.25) is 0 Å². The number of nitrogens with one attached hydrogen (secondary N) is 1. The molecule has 0 saturated heterocycles. The van der Waals surface area contributed by atoms with Crippen LogP contribution in [-0.2, 0) is 15.8 Å². The number of alkyl halides is 3. The third-order valence-corrected chi connectivity index (χ3v) is 8.11. The molecule has 0 spiro atoms. The zero-order chi connectivity index (χ0) is 30.7. The molecule has 4 aromatic rings. The van der Waals surface area contributed by atoms with E-state index in [1.165, 1.54) is 49.6 Å². The monoisotopic (exact) mass is 598 g/mol. The lowest BCUT2D eigenvalue weighted by Gasteiger charge is -2.32. The van der Waals surface area contributed by atoms with E-state index >= 15 is 4.39 Å². The van der Waals surface area contributed by atoms with Crippen molar-refractivity contribution >= 4 is 23.1 Å². The molecule has 224 valence electrons. The lowest BCUT2D eigenvalue weighted by atomic mass is 9.82. The van der Waals surface area contributed by atoms with Crippen molar-refractivity contribution < 1.29 is 41.7 Å². The van der Waals surface area contributed by atoms with E-state index in [-0.39, 0.29) is 58.8 Å². The number of aliphatic hydroxyl groups is 1. The number of amides is 1. The standard InChI is InChI=1S/C30H26F4N4O5/c1-28(14-39)15-43-25-20(28)11-22(36-24(25)16-3-5-19(31)6-4-16)30(41,29(34)7-8-29)13-35-26(40)17-9-18-12-38(27(32)33)37-23(18)21(10-17)42-2/h3-6,9-12,14,27,41H,7-8,13,15H2,1-2H3,(H,35,40)/t28-,30?/m0/s1. The van der Waals surface area contributed by atoms with Gasteiger partial charge in [-0.15, -0.1) is 0 Å². The summed E-state index contributed by atoms with van der Waals surface area (Å²) in [7, 11) is 1.30. The maximum Gasteiger partial charge on any atom is 0.333 e. The molecule has 6 rings (SSSR count). The van der Waals surface area contributed by atoms with Gasteiger partial charge in [-0.2, -0.15) is 13.9 Å². The highest BCUT2D eigenvalue weighted by Crippen LogP contribution is 2.54. The molecule has 2 N–H and O–H groups in total. The summed E-state index contributed by atoms with van der Waals surface area (Å²) in [4.78, 5) is 29.9. The zero-order valence-corrected chi connectivity index (χ0v) is 23.0. The quantitative estimate of drug-likeness (QED) is 0.214. The molecule has 3 heterocycles. The molecular formula is C30H26F4N4O5. The molecule has 43 heavy (non-hydrogen) atoms. The smallest absolute Gasteiger partial charge is 0.333 e. The number of aldehydes is 1. The first-order chi connectivity index (χ1) is 20.4. The number of rotatable bonds is 9. The summed E-state index contributed by atoms with van der Waals surface area (Å²) >= 11 is 0. The summed E-state index contributed by atoms with van der Waals surface area (Å²) < 4.78 is 67.6. The molecule has 1 aliphatic carbocycles. The third kappa shape index (κ3) is 4.67. The molecule has 1 unspecified atom stereocenters. The van der Waals surface area contributed by atoms with Gasteiger partial charge in [0.05, 0.1) is 24.8 Å². The normalized spacial score (nSPS) is 19.9. The lowest BCUT2D eigenvalue weighted by molar-refractivity contribution is -0.112. The van der Waals surface area contributed by atoms with Gasteiger partial charge in [0, 0.05) is 28.3 Å². The highest BCUT2D eigenvalue weighted by Gasteiger charge is 2.62. The number of fused-ring (bicyclic) bond motifs is 2. The summed E-state index contributed by atoms with van der Waals surface area (Å²) in [6.07, 6.45) is 1.73. The third-order valence-electron chi connectivity index (χ3n) is 8.11. The van der Waals surface area contributed by atoms with E-state index in [1.54, 1.807) is 6.92 Å². The maximum absolute atomic E-state index is 16.0. The second kappa shape index (κ2) is 10.0. The summed E-state index contributed by atoms with van der Waals surface area (Å²) in [5.41, 5.74) is -4.69. The van der Waals surface area contributed by atoms with E-state index in [1.807, 2.05) is 0 Å². The number of hydrogen-bond donors (Lipinski definition) is 2. The van der Waals surface area contributed by atoms with Gasteiger partial charge in [0.25, 0.3) is 5.91 Å². The van der Waals surface area contributed by atoms with Crippen LogP contribution in [0.2, 0.25) is 0 Å². The molecule has 2 aromatic heterocycles. The number of aromatic nitrogens is 3. The van der Waals surface area contributed by atoms with Crippen LogP contribution in [-0.4, -0.2) is 58.0 Å². The van der Waals surface area contributed by atoms with E-state index in [0.717, 1.165) is 6.20 Å². The number of pyridine rings is 1. The van der Waals surface area contributed by atoms with E-state index in [2.05, 4.69) is 15.4 Å². The van der Waals surface area contributed by atoms with Crippen LogP contribution in [0, 0.1) is 5.82 Å². The minimum Gasteiger partial charge on any atom is -0.494 e. The predicted molar refractivity (Wildman–Crippen MR) is 145 cm³/mol. The van der Waals surface area contributed by atoms with Crippen molar-refractivity contribution in [3.63, 3.8) is 0 Å². The van der Waals surface area contributed by atoms with Crippen LogP contribution in [0.3, 0.4) is 0 Å². The summed E-state index contributed by atoms with van der Waals surface area (Å²) in [6.45, 7) is -1.91. The van der Waals surface area contributed by atoms with Crippen molar-refractivity contribution in [2.75, 3.05) is 20.3 Å². The Morgan fingerprint density at radius 3 is 2.60 bits per heavy atom. The Morgan fingerprint density at radius 2 is 1.98 bits per heavy atom. The molecule has 2 aliphatic rings. The summed E-state index contributed by atoms with van der Waals surface area (Å²) in [5.74, 6) is -0.913. The zero-order valence-electron chi connectivity index (χ0n) is 23.0. The minimum atomic E-state index is -2.91. The first-order valence-corrected chi connectivity index (χ1v) is 13.4. The van der Waals surface area contributed by atoms with Crippen LogP contribution in [0.4, 0.5) is 17.6 Å². The molecule has 0 radical (unpaired) electrons. The van der Waals surface area contributed by atoms with Gasteiger partial charge < -0.3 is 24.7 Å². The molecule has 2 aromatic carbocycles. The van der Waals surface area contributed by atoms with Crippen molar-refractivity contribution in [2.45, 2.75) is 43.0 Å². The topological polar surface area (TPSA) is 116 Å². The van der Waals surface area contributed by atoms with E-state index in [9.17, 15) is 27.9 Å². The SMILES string of the molecule is COc1cc(C(=O)NCC(O)(c2cc3c(c(-c4ccc(F)cc4)n2)OC[C@]3(C)C=O)C2(F)CC2)cc2cn(C(F)F)nc12. The molecular weight excluding hydrogens is 572 g/mol. The Bertz CT molecular complexity index is 1760. The number of methoxy groups -OCH3 is 1. The van der Waals surface area contributed by atoms with Gasteiger partial charge in [-0.25, -0.2) is 18.4 Å². The highest BCUT2D eigenvalue weighted by atomic mass is 19.3. The van der Waals surface area contributed by atoms with Gasteiger partial charge >= 0.3 is 6.55 Å².